The van der Waals surface area contributed by atoms with Crippen LogP contribution < -0.4 is 25.4 Å². The van der Waals surface area contributed by atoms with Crippen LogP contribution in [-0.4, -0.2) is 62.6 Å². The predicted octanol–water partition coefficient (Wildman–Crippen LogP) is 2.90. The average molecular weight is 544 g/mol. The molecule has 2 fully saturated rings. The Bertz CT molecular complexity index is 1170. The first-order valence-electron chi connectivity index (χ1n) is 11.7. The van der Waals surface area contributed by atoms with Gasteiger partial charge in [0.2, 0.25) is 11.8 Å². The number of alkyl halides is 3. The molecule has 9 nitrogen and oxygen atoms in total. The molecule has 206 valence electrons. The summed E-state index contributed by atoms with van der Waals surface area (Å²) in [5.74, 6) is -3.29. The fourth-order valence-electron chi connectivity index (χ4n) is 4.21. The molecule has 0 radical (unpaired) electrons. The zero-order valence-corrected chi connectivity index (χ0v) is 20.2. The molecule has 1 saturated carbocycles. The second-order valence-electron chi connectivity index (χ2n) is 8.89. The zero-order valence-electron chi connectivity index (χ0n) is 20.2. The number of halogens is 5. The number of hydrogen-bond acceptors (Lipinski definition) is 6. The number of nitrogens with zero attached hydrogens (tertiary/aromatic N) is 1. The number of pyridine rings is 1. The highest BCUT2D eigenvalue weighted by Gasteiger charge is 2.48. The van der Waals surface area contributed by atoms with Gasteiger partial charge >= 0.3 is 12.2 Å². The lowest BCUT2D eigenvalue weighted by atomic mass is 9.93. The number of urea groups is 1. The number of hydrogen-bond donors (Lipinski definition) is 3. The number of ether oxygens (including phenoxy) is 3. The van der Waals surface area contributed by atoms with Gasteiger partial charge in [-0.15, -0.1) is 0 Å². The summed E-state index contributed by atoms with van der Waals surface area (Å²) in [7, 11) is 1.26. The Balaban J connectivity index is 1.38. The number of benzene rings is 1. The van der Waals surface area contributed by atoms with E-state index in [1.165, 1.54) is 13.2 Å². The minimum atomic E-state index is -4.43. The van der Waals surface area contributed by atoms with E-state index in [1.807, 2.05) is 0 Å². The molecule has 38 heavy (non-hydrogen) atoms. The molecular formula is C24H25F5N4O5. The van der Waals surface area contributed by atoms with Crippen LogP contribution in [0.25, 0.3) is 0 Å². The van der Waals surface area contributed by atoms with Crippen molar-refractivity contribution in [1.82, 2.24) is 20.9 Å². The molecule has 0 bridgehead atoms. The van der Waals surface area contributed by atoms with Crippen molar-refractivity contribution in [2.45, 2.75) is 36.5 Å². The number of aromatic nitrogens is 1. The summed E-state index contributed by atoms with van der Waals surface area (Å²) in [5.41, 5.74) is -0.764. The van der Waals surface area contributed by atoms with Crippen LogP contribution >= 0.6 is 0 Å². The molecule has 14 heteroatoms. The van der Waals surface area contributed by atoms with E-state index in [4.69, 9.17) is 9.47 Å². The Labute approximate surface area is 214 Å². The van der Waals surface area contributed by atoms with Gasteiger partial charge in [-0.2, -0.15) is 13.2 Å². The van der Waals surface area contributed by atoms with Gasteiger partial charge in [0.05, 0.1) is 24.9 Å². The SMILES string of the molecule is COc1cc(F)c([C@@H]2CNC(=O)[C@H]2NC(=O)NC2(c3cccc(OCCOCC(F)(F)F)n3)CC2)c(F)c1. The van der Waals surface area contributed by atoms with Crippen LogP contribution in [0.4, 0.5) is 26.7 Å². The van der Waals surface area contributed by atoms with E-state index in [-0.39, 0.29) is 37.0 Å². The molecule has 0 unspecified atom stereocenters. The topological polar surface area (TPSA) is 111 Å². The fraction of sp³-hybridized carbons (Fsp3) is 0.458. The van der Waals surface area contributed by atoms with Crippen LogP contribution in [0, 0.1) is 11.6 Å². The third-order valence-electron chi connectivity index (χ3n) is 6.19. The van der Waals surface area contributed by atoms with E-state index in [2.05, 4.69) is 25.7 Å². The maximum atomic E-state index is 14.6. The van der Waals surface area contributed by atoms with Crippen LogP contribution in [0.5, 0.6) is 11.6 Å². The molecule has 1 aromatic heterocycles. The number of methoxy groups -OCH3 is 1. The summed E-state index contributed by atoms with van der Waals surface area (Å²) in [6.07, 6.45) is -3.39. The highest BCUT2D eigenvalue weighted by Crippen LogP contribution is 2.45. The molecule has 1 aromatic carbocycles. The summed E-state index contributed by atoms with van der Waals surface area (Å²) in [6.45, 7) is -1.92. The third kappa shape index (κ3) is 6.41. The van der Waals surface area contributed by atoms with Crippen molar-refractivity contribution in [3.05, 3.63) is 53.2 Å². The maximum Gasteiger partial charge on any atom is 0.411 e. The molecule has 2 heterocycles. The minimum Gasteiger partial charge on any atom is -0.497 e. The molecule has 4 rings (SSSR count). The summed E-state index contributed by atoms with van der Waals surface area (Å²) in [4.78, 5) is 29.6. The van der Waals surface area contributed by atoms with Gasteiger partial charge in [-0.05, 0) is 18.9 Å². The number of nitrogens with one attached hydrogen (secondary N) is 3. The predicted molar refractivity (Wildman–Crippen MR) is 122 cm³/mol. The lowest BCUT2D eigenvalue weighted by molar-refractivity contribution is -0.175. The Hall–Kier alpha value is -3.68. The van der Waals surface area contributed by atoms with Crippen molar-refractivity contribution < 1.29 is 45.8 Å². The van der Waals surface area contributed by atoms with Gasteiger partial charge < -0.3 is 30.2 Å². The summed E-state index contributed by atoms with van der Waals surface area (Å²) in [6, 6.07) is 4.80. The van der Waals surface area contributed by atoms with Crippen LogP contribution in [0.3, 0.4) is 0 Å². The van der Waals surface area contributed by atoms with E-state index in [0.717, 1.165) is 12.1 Å². The molecule has 0 spiro atoms. The Morgan fingerprint density at radius 2 is 1.89 bits per heavy atom. The van der Waals surface area contributed by atoms with Gasteiger partial charge in [0, 0.05) is 36.2 Å². The van der Waals surface area contributed by atoms with E-state index in [1.54, 1.807) is 12.1 Å². The van der Waals surface area contributed by atoms with Gasteiger partial charge in [0.1, 0.15) is 36.6 Å². The number of rotatable bonds is 10. The van der Waals surface area contributed by atoms with E-state index >= 15 is 0 Å². The zero-order chi connectivity index (χ0) is 27.5. The quantitative estimate of drug-likeness (QED) is 0.314. The first-order valence-corrected chi connectivity index (χ1v) is 11.7. The summed E-state index contributed by atoms with van der Waals surface area (Å²) >= 11 is 0. The Morgan fingerprint density at radius 3 is 2.53 bits per heavy atom. The highest BCUT2D eigenvalue weighted by molar-refractivity contribution is 5.90. The van der Waals surface area contributed by atoms with Crippen LogP contribution in [0.15, 0.2) is 30.3 Å². The molecule has 1 aliphatic heterocycles. The molecule has 3 amide bonds. The molecule has 2 aromatic rings. The minimum absolute atomic E-state index is 0.0218. The number of carbonyl (C=O) groups is 2. The van der Waals surface area contributed by atoms with Gasteiger partial charge in [-0.3, -0.25) is 4.79 Å². The number of carbonyl (C=O) groups excluding carboxylic acids is 2. The smallest absolute Gasteiger partial charge is 0.411 e. The second-order valence-corrected chi connectivity index (χ2v) is 8.89. The molecular weight excluding hydrogens is 519 g/mol. The van der Waals surface area contributed by atoms with E-state index < -0.39 is 53.9 Å². The van der Waals surface area contributed by atoms with E-state index in [0.29, 0.717) is 18.5 Å². The number of amides is 3. The van der Waals surface area contributed by atoms with Crippen molar-refractivity contribution in [2.75, 3.05) is 33.5 Å². The summed E-state index contributed by atoms with van der Waals surface area (Å²) in [5, 5.41) is 7.79. The molecule has 1 saturated heterocycles. The molecule has 3 N–H and O–H groups in total. The van der Waals surface area contributed by atoms with Gasteiger partial charge in [-0.25, -0.2) is 18.6 Å². The normalized spacial score (nSPS) is 20.0. The monoisotopic (exact) mass is 544 g/mol. The van der Waals surface area contributed by atoms with E-state index in [9.17, 15) is 31.5 Å². The highest BCUT2D eigenvalue weighted by atomic mass is 19.4. The van der Waals surface area contributed by atoms with Crippen LogP contribution in [0.2, 0.25) is 0 Å². The van der Waals surface area contributed by atoms with Crippen molar-refractivity contribution >= 4 is 11.9 Å². The van der Waals surface area contributed by atoms with Gasteiger partial charge in [-0.1, -0.05) is 6.07 Å². The second kappa shape index (κ2) is 11.0. The average Bonchev–Trinajstić information content (AvgIpc) is 3.55. The van der Waals surface area contributed by atoms with Crippen molar-refractivity contribution in [3.8, 4) is 11.6 Å². The summed E-state index contributed by atoms with van der Waals surface area (Å²) < 4.78 is 80.4. The molecule has 2 aliphatic rings. The van der Waals surface area contributed by atoms with Gasteiger partial charge in [0.25, 0.3) is 0 Å². The Morgan fingerprint density at radius 1 is 1.18 bits per heavy atom. The lowest BCUT2D eigenvalue weighted by Gasteiger charge is -2.23. The van der Waals surface area contributed by atoms with Crippen molar-refractivity contribution in [3.63, 3.8) is 0 Å². The van der Waals surface area contributed by atoms with Gasteiger partial charge in [0.15, 0.2) is 0 Å². The standard InChI is InChI=1S/C24H25F5N4O5/c1-36-13-9-15(25)19(16(26)10-13)14-11-30-21(34)20(14)32-22(35)33-23(5-6-23)17-3-2-4-18(31-17)38-8-7-37-12-24(27,28)29/h2-4,9-10,14,20H,5-8,11-12H2,1H3,(H,30,34)(H2,32,33,35)/t14-,20-/m0/s1. The largest absolute Gasteiger partial charge is 0.497 e. The maximum absolute atomic E-state index is 14.6. The van der Waals surface area contributed by atoms with Crippen LogP contribution in [0.1, 0.15) is 30.0 Å². The molecule has 1 aliphatic carbocycles. The van der Waals surface area contributed by atoms with Crippen molar-refractivity contribution in [2.24, 2.45) is 0 Å². The molecule has 2 atom stereocenters. The Kier molecular flexibility index (Phi) is 7.90. The fourth-order valence-corrected chi connectivity index (χ4v) is 4.21. The third-order valence-corrected chi connectivity index (χ3v) is 6.19. The first-order chi connectivity index (χ1) is 18.0. The van der Waals surface area contributed by atoms with Crippen molar-refractivity contribution in [1.29, 1.82) is 0 Å². The lowest BCUT2D eigenvalue weighted by Crippen LogP contribution is -2.50. The first kappa shape index (κ1) is 27.4. The van der Waals surface area contributed by atoms with Crippen LogP contribution in [-0.2, 0) is 15.1 Å².